The fraction of sp³-hybridized carbons (Fsp3) is 0.880. The first-order valence-corrected chi connectivity index (χ1v) is 13.1. The van der Waals surface area contributed by atoms with Gasteiger partial charge in [-0.15, -0.1) is 0 Å². The number of aromatic nitrogens is 3. The summed E-state index contributed by atoms with van der Waals surface area (Å²) in [5, 5.41) is 6.98. The molecular weight excluding hydrogens is 426 g/mol. The fourth-order valence-corrected chi connectivity index (χ4v) is 5.35. The molecule has 1 atom stereocenters. The minimum atomic E-state index is -0.759. The molecule has 1 aliphatic rings. The van der Waals surface area contributed by atoms with Crippen LogP contribution in [0.3, 0.4) is 0 Å². The first-order valence-electron chi connectivity index (χ1n) is 13.1. The molecule has 196 valence electrons. The summed E-state index contributed by atoms with van der Waals surface area (Å²) >= 11 is 0. The van der Waals surface area contributed by atoms with Crippen molar-refractivity contribution in [3.63, 3.8) is 0 Å². The van der Waals surface area contributed by atoms with Gasteiger partial charge in [0.1, 0.15) is 18.3 Å². The summed E-state index contributed by atoms with van der Waals surface area (Å²) in [5.41, 5.74) is 12.3. The fourth-order valence-electron chi connectivity index (χ4n) is 5.35. The van der Waals surface area contributed by atoms with E-state index in [4.69, 9.17) is 11.5 Å². The third kappa shape index (κ3) is 7.63. The maximum absolute atomic E-state index is 7.32. The summed E-state index contributed by atoms with van der Waals surface area (Å²) in [6.07, 6.45) is 9.19. The zero-order valence-corrected chi connectivity index (χ0v) is 22.6. The summed E-state index contributed by atoms with van der Waals surface area (Å²) in [6, 6.07) is 0.340. The predicted octanol–water partition coefficient (Wildman–Crippen LogP) is 1.65. The van der Waals surface area contributed by atoms with Gasteiger partial charge in [-0.3, -0.25) is 9.80 Å². The Balaban J connectivity index is 2.24. The van der Waals surface area contributed by atoms with E-state index < -0.39 is 5.66 Å². The molecule has 0 amide bonds. The van der Waals surface area contributed by atoms with Crippen LogP contribution in [0.25, 0.3) is 0 Å². The molecule has 1 fully saturated rings. The van der Waals surface area contributed by atoms with Crippen molar-refractivity contribution in [1.29, 1.82) is 0 Å². The van der Waals surface area contributed by atoms with Crippen LogP contribution < -0.4 is 22.1 Å². The largest absolute Gasteiger partial charge is 0.330 e. The summed E-state index contributed by atoms with van der Waals surface area (Å²) in [4.78, 5) is 18.2. The molecule has 1 unspecified atom stereocenters. The first kappa shape index (κ1) is 29.0. The molecule has 1 saturated heterocycles. The minimum Gasteiger partial charge on any atom is -0.330 e. The number of unbranched alkanes of at least 4 members (excludes halogenated alkanes) is 1. The standard InChI is InChI=1S/C25H51N9/c1-7-8-16-34(21-17-23(2,3)33(6)24(4,5)18-21)25(27,22-31-19-30-20-32-22)10-13-29-15-14-28-12-9-11-26/h19-21,28-29H,7-18,26-27H2,1-6H3. The molecule has 0 aliphatic carbocycles. The molecule has 0 radical (unpaired) electrons. The number of rotatable bonds is 15. The zero-order valence-electron chi connectivity index (χ0n) is 22.6. The van der Waals surface area contributed by atoms with Gasteiger partial charge in [-0.2, -0.15) is 0 Å². The highest BCUT2D eigenvalue weighted by Gasteiger charge is 2.49. The van der Waals surface area contributed by atoms with E-state index in [1.807, 2.05) is 0 Å². The Morgan fingerprint density at radius 1 is 1.03 bits per heavy atom. The van der Waals surface area contributed by atoms with E-state index >= 15 is 0 Å². The number of piperidine rings is 1. The first-order chi connectivity index (χ1) is 16.1. The summed E-state index contributed by atoms with van der Waals surface area (Å²) in [6.45, 7) is 16.8. The van der Waals surface area contributed by atoms with Crippen LogP contribution in [0.1, 0.15) is 79.0 Å². The second-order valence-electron chi connectivity index (χ2n) is 11.1. The Labute approximate surface area is 207 Å². The van der Waals surface area contributed by atoms with Gasteiger partial charge in [0.05, 0.1) is 0 Å². The lowest BCUT2D eigenvalue weighted by Crippen LogP contribution is -2.67. The summed E-state index contributed by atoms with van der Waals surface area (Å²) < 4.78 is 0. The van der Waals surface area contributed by atoms with Crippen LogP contribution in [0.2, 0.25) is 0 Å². The second-order valence-corrected chi connectivity index (χ2v) is 11.1. The van der Waals surface area contributed by atoms with Gasteiger partial charge in [-0.1, -0.05) is 13.3 Å². The third-order valence-electron chi connectivity index (χ3n) is 7.59. The molecule has 0 aromatic carbocycles. The van der Waals surface area contributed by atoms with Crippen LogP contribution in [0.5, 0.6) is 0 Å². The zero-order chi connectivity index (χ0) is 25.2. The lowest BCUT2D eigenvalue weighted by molar-refractivity contribution is -0.0811. The molecule has 0 saturated carbocycles. The van der Waals surface area contributed by atoms with Crippen molar-refractivity contribution in [2.45, 2.75) is 95.9 Å². The van der Waals surface area contributed by atoms with Crippen LogP contribution in [0, 0.1) is 0 Å². The quantitative estimate of drug-likeness (QED) is 0.221. The van der Waals surface area contributed by atoms with Gasteiger partial charge in [-0.25, -0.2) is 15.0 Å². The third-order valence-corrected chi connectivity index (χ3v) is 7.59. The van der Waals surface area contributed by atoms with Gasteiger partial charge < -0.3 is 22.1 Å². The van der Waals surface area contributed by atoms with Crippen molar-refractivity contribution in [2.75, 3.05) is 46.3 Å². The highest BCUT2D eigenvalue weighted by molar-refractivity contribution is 5.09. The van der Waals surface area contributed by atoms with Gasteiger partial charge in [-0.05, 0) is 86.5 Å². The van der Waals surface area contributed by atoms with Crippen molar-refractivity contribution in [3.8, 4) is 0 Å². The Hall–Kier alpha value is -1.23. The molecule has 1 aliphatic heterocycles. The lowest BCUT2D eigenvalue weighted by Gasteiger charge is -2.57. The van der Waals surface area contributed by atoms with Crippen LogP contribution in [0.15, 0.2) is 12.7 Å². The monoisotopic (exact) mass is 477 g/mol. The van der Waals surface area contributed by atoms with Crippen molar-refractivity contribution in [1.82, 2.24) is 35.4 Å². The van der Waals surface area contributed by atoms with Gasteiger partial charge in [0.25, 0.3) is 0 Å². The maximum atomic E-state index is 7.32. The van der Waals surface area contributed by atoms with E-state index in [-0.39, 0.29) is 11.1 Å². The van der Waals surface area contributed by atoms with Gasteiger partial charge in [0.15, 0.2) is 5.82 Å². The molecule has 34 heavy (non-hydrogen) atoms. The molecule has 2 heterocycles. The van der Waals surface area contributed by atoms with E-state index in [0.717, 1.165) is 77.8 Å². The number of nitrogens with one attached hydrogen (secondary N) is 2. The van der Waals surface area contributed by atoms with Gasteiger partial charge >= 0.3 is 0 Å². The van der Waals surface area contributed by atoms with E-state index in [1.54, 1.807) is 12.7 Å². The van der Waals surface area contributed by atoms with E-state index in [1.165, 1.54) is 0 Å². The van der Waals surface area contributed by atoms with E-state index in [2.05, 4.69) is 77.1 Å². The number of nitrogens with two attached hydrogens (primary N) is 2. The SMILES string of the molecule is CCCCN(C1CC(C)(C)N(C)C(C)(C)C1)C(N)(CCNCCNCCCN)c1ncncn1. The van der Waals surface area contributed by atoms with Crippen LogP contribution in [-0.2, 0) is 5.66 Å². The van der Waals surface area contributed by atoms with Crippen molar-refractivity contribution < 1.29 is 0 Å². The summed E-state index contributed by atoms with van der Waals surface area (Å²) in [5.74, 6) is 0.663. The normalized spacial score (nSPS) is 20.5. The molecular formula is C25H51N9. The van der Waals surface area contributed by atoms with Crippen LogP contribution >= 0.6 is 0 Å². The molecule has 9 nitrogen and oxygen atoms in total. The topological polar surface area (TPSA) is 121 Å². The number of hydrogen-bond acceptors (Lipinski definition) is 9. The van der Waals surface area contributed by atoms with Gasteiger partial charge in [0, 0.05) is 36.8 Å². The molecule has 1 aromatic heterocycles. The van der Waals surface area contributed by atoms with Crippen molar-refractivity contribution in [2.24, 2.45) is 11.5 Å². The Morgan fingerprint density at radius 3 is 2.18 bits per heavy atom. The average Bonchev–Trinajstić information content (AvgIpc) is 2.79. The molecule has 0 bridgehead atoms. The second kappa shape index (κ2) is 13.2. The van der Waals surface area contributed by atoms with Crippen molar-refractivity contribution in [3.05, 3.63) is 18.5 Å². The Kier molecular flexibility index (Phi) is 11.2. The maximum Gasteiger partial charge on any atom is 0.166 e. The number of hydrogen-bond donors (Lipinski definition) is 4. The molecule has 9 heteroatoms. The van der Waals surface area contributed by atoms with Crippen molar-refractivity contribution >= 4 is 0 Å². The smallest absolute Gasteiger partial charge is 0.166 e. The minimum absolute atomic E-state index is 0.0738. The predicted molar refractivity (Wildman–Crippen MR) is 140 cm³/mol. The van der Waals surface area contributed by atoms with E-state index in [0.29, 0.717) is 11.9 Å². The summed E-state index contributed by atoms with van der Waals surface area (Å²) in [7, 11) is 2.25. The molecule has 6 N–H and O–H groups in total. The van der Waals surface area contributed by atoms with Gasteiger partial charge in [0.2, 0.25) is 0 Å². The van der Waals surface area contributed by atoms with E-state index in [9.17, 15) is 0 Å². The highest BCUT2D eigenvalue weighted by Crippen LogP contribution is 2.41. The van der Waals surface area contributed by atoms with Crippen LogP contribution in [-0.4, -0.2) is 88.2 Å². The molecule has 0 spiro atoms. The lowest BCUT2D eigenvalue weighted by atomic mass is 9.76. The highest BCUT2D eigenvalue weighted by atomic mass is 15.4. The Bertz CT molecular complexity index is 679. The number of nitrogens with zero attached hydrogens (tertiary/aromatic N) is 5. The number of likely N-dealkylation sites (tertiary alicyclic amines) is 1. The average molecular weight is 478 g/mol. The molecule has 1 aromatic rings. The van der Waals surface area contributed by atoms with Crippen LogP contribution in [0.4, 0.5) is 0 Å². The Morgan fingerprint density at radius 2 is 1.62 bits per heavy atom. The molecule has 2 rings (SSSR count).